The van der Waals surface area contributed by atoms with E-state index in [0.29, 0.717) is 5.39 Å². The minimum Gasteiger partial charge on any atom is -0.289 e. The summed E-state index contributed by atoms with van der Waals surface area (Å²) in [7, 11) is 0. The Hall–Kier alpha value is -3.25. The molecule has 25 heavy (non-hydrogen) atoms. The van der Waals surface area contributed by atoms with Gasteiger partial charge in [-0.25, -0.2) is 0 Å². The average Bonchev–Trinajstić information content (AvgIpc) is 3.06. The van der Waals surface area contributed by atoms with E-state index in [1.54, 1.807) is 30.3 Å². The van der Waals surface area contributed by atoms with E-state index >= 15 is 0 Å². The van der Waals surface area contributed by atoms with Gasteiger partial charge in [0.2, 0.25) is 10.9 Å². The van der Waals surface area contributed by atoms with E-state index in [1.165, 1.54) is 12.3 Å². The number of nitrogens with zero attached hydrogens (tertiary/aromatic N) is 1. The quantitative estimate of drug-likeness (QED) is 0.429. The van der Waals surface area contributed by atoms with E-state index in [2.05, 4.69) is 4.98 Å². The lowest BCUT2D eigenvalue weighted by Crippen LogP contribution is -2.15. The molecule has 0 atom stereocenters. The second-order valence-electron chi connectivity index (χ2n) is 5.77. The van der Waals surface area contributed by atoms with Gasteiger partial charge in [0, 0.05) is 17.0 Å². The maximum Gasteiger partial charge on any atom is 0.222 e. The fraction of sp³-hybridized carbons (Fsp3) is 0. The maximum atomic E-state index is 12.9. The summed E-state index contributed by atoms with van der Waals surface area (Å²) in [6.45, 7) is 0. The highest BCUT2D eigenvalue weighted by atomic mass is 32.1. The number of hydrogen-bond acceptors (Lipinski definition) is 6. The van der Waals surface area contributed by atoms with Gasteiger partial charge >= 0.3 is 0 Å². The lowest BCUT2D eigenvalue weighted by atomic mass is 10.0. The van der Waals surface area contributed by atoms with Crippen molar-refractivity contribution in [3.63, 3.8) is 0 Å². The molecule has 6 heteroatoms. The van der Waals surface area contributed by atoms with Crippen LogP contribution < -0.4 is 21.7 Å². The Kier molecular flexibility index (Phi) is 2.62. The molecule has 118 valence electrons. The molecular formula is C19H7NO4S. The molecule has 5 aromatic rings. The van der Waals surface area contributed by atoms with Crippen LogP contribution in [0.25, 0.3) is 41.8 Å². The van der Waals surface area contributed by atoms with E-state index in [0.717, 1.165) is 11.3 Å². The number of fused-ring (bicyclic) bond motifs is 5. The molecule has 3 aromatic carbocycles. The van der Waals surface area contributed by atoms with Gasteiger partial charge in [-0.15, -0.1) is 11.3 Å². The molecule has 0 unspecified atom stereocenters. The van der Waals surface area contributed by atoms with Crippen molar-refractivity contribution in [3.8, 4) is 0 Å². The van der Waals surface area contributed by atoms with E-state index in [-0.39, 0.29) is 41.9 Å². The summed E-state index contributed by atoms with van der Waals surface area (Å²) in [6, 6.07) is 9.57. The summed E-state index contributed by atoms with van der Waals surface area (Å²) in [6.07, 6.45) is 1.44. The molecule has 0 bridgehead atoms. The predicted molar refractivity (Wildman–Crippen MR) is 99.6 cm³/mol. The first kappa shape index (κ1) is 14.1. The number of rotatable bonds is 0. The molecule has 0 radical (unpaired) electrons. The molecule has 0 aliphatic rings. The molecule has 0 aliphatic carbocycles. The molecule has 2 aromatic heterocycles. The third-order valence-electron chi connectivity index (χ3n) is 4.46. The van der Waals surface area contributed by atoms with Crippen LogP contribution in [-0.4, -0.2) is 4.98 Å². The Balaban J connectivity index is 2.26. The first-order chi connectivity index (χ1) is 12.1. The summed E-state index contributed by atoms with van der Waals surface area (Å²) in [4.78, 5) is 55.3. The van der Waals surface area contributed by atoms with Crippen LogP contribution in [0.2, 0.25) is 0 Å². The van der Waals surface area contributed by atoms with Crippen LogP contribution in [0.3, 0.4) is 0 Å². The predicted octanol–water partition coefficient (Wildman–Crippen LogP) is 2.07. The van der Waals surface area contributed by atoms with Crippen molar-refractivity contribution in [1.29, 1.82) is 0 Å². The highest BCUT2D eigenvalue weighted by Gasteiger charge is 2.21. The van der Waals surface area contributed by atoms with Gasteiger partial charge in [0.25, 0.3) is 0 Å². The Bertz CT molecular complexity index is 1460. The van der Waals surface area contributed by atoms with Crippen molar-refractivity contribution >= 4 is 53.2 Å². The van der Waals surface area contributed by atoms with E-state index in [1.807, 2.05) is 0 Å². The van der Waals surface area contributed by atoms with Crippen LogP contribution in [0.1, 0.15) is 0 Å². The van der Waals surface area contributed by atoms with E-state index in [9.17, 15) is 19.2 Å². The molecular weight excluding hydrogens is 338 g/mol. The van der Waals surface area contributed by atoms with E-state index in [4.69, 9.17) is 0 Å². The van der Waals surface area contributed by atoms with Gasteiger partial charge in [0.05, 0.1) is 25.6 Å². The van der Waals surface area contributed by atoms with Crippen LogP contribution in [0.5, 0.6) is 0 Å². The number of hydrogen-bond donors (Lipinski definition) is 0. The molecule has 0 fully saturated rings. The van der Waals surface area contributed by atoms with Gasteiger partial charge in [-0.3, -0.25) is 24.2 Å². The second-order valence-corrected chi connectivity index (χ2v) is 6.79. The van der Waals surface area contributed by atoms with Crippen molar-refractivity contribution in [2.75, 3.05) is 0 Å². The van der Waals surface area contributed by atoms with Gasteiger partial charge in [0.1, 0.15) is 5.52 Å². The van der Waals surface area contributed by atoms with Crippen LogP contribution >= 0.6 is 11.3 Å². The number of benzene rings is 3. The maximum absolute atomic E-state index is 12.9. The Morgan fingerprint density at radius 2 is 1.20 bits per heavy atom. The van der Waals surface area contributed by atoms with Crippen molar-refractivity contribution in [2.45, 2.75) is 0 Å². The Labute approximate surface area is 142 Å². The lowest BCUT2D eigenvalue weighted by Gasteiger charge is -1.97. The molecule has 5 rings (SSSR count). The van der Waals surface area contributed by atoms with Gasteiger partial charge in [-0.1, -0.05) is 24.3 Å². The zero-order valence-corrected chi connectivity index (χ0v) is 13.3. The highest BCUT2D eigenvalue weighted by molar-refractivity contribution is 7.25. The standard InChI is InChI=1S/C19H7NO4S/c21-14-8-4-1-2-5-9(8)16(23)18-11(14)12-15(22)10-6-3-7-20-13(10)17(24)19(12)25-18/h1-7H. The molecule has 0 aliphatic heterocycles. The lowest BCUT2D eigenvalue weighted by molar-refractivity contribution is 1.40. The average molecular weight is 345 g/mol. The molecule has 0 spiro atoms. The van der Waals surface area contributed by atoms with Crippen molar-refractivity contribution in [1.82, 2.24) is 4.98 Å². The summed E-state index contributed by atoms with van der Waals surface area (Å²) >= 11 is 0.908. The number of pyridine rings is 1. The third kappa shape index (κ3) is 1.64. The second kappa shape index (κ2) is 4.64. The normalized spacial score (nSPS) is 11.8. The number of aromatic nitrogens is 1. The van der Waals surface area contributed by atoms with Gasteiger partial charge < -0.3 is 0 Å². The fourth-order valence-corrected chi connectivity index (χ4v) is 4.52. The van der Waals surface area contributed by atoms with Gasteiger partial charge in [0.15, 0.2) is 10.9 Å². The molecule has 5 nitrogen and oxygen atoms in total. The monoisotopic (exact) mass is 345 g/mol. The third-order valence-corrected chi connectivity index (χ3v) is 5.65. The summed E-state index contributed by atoms with van der Waals surface area (Å²) < 4.78 is 0.277. The van der Waals surface area contributed by atoms with Crippen LogP contribution in [0.4, 0.5) is 0 Å². The molecule has 0 saturated heterocycles. The smallest absolute Gasteiger partial charge is 0.222 e. The fourth-order valence-electron chi connectivity index (χ4n) is 3.33. The minimum absolute atomic E-state index is 0.0401. The first-order valence-electron chi connectivity index (χ1n) is 7.49. The zero-order valence-electron chi connectivity index (χ0n) is 12.5. The molecule has 2 heterocycles. The van der Waals surface area contributed by atoms with Crippen molar-refractivity contribution in [3.05, 3.63) is 83.5 Å². The zero-order chi connectivity index (χ0) is 17.3. The summed E-state index contributed by atoms with van der Waals surface area (Å²) in [5.41, 5.74) is -1.51. The Morgan fingerprint density at radius 3 is 1.92 bits per heavy atom. The molecule has 0 amide bonds. The van der Waals surface area contributed by atoms with Crippen LogP contribution in [0.15, 0.2) is 61.8 Å². The topological polar surface area (TPSA) is 81.2 Å². The largest absolute Gasteiger partial charge is 0.289 e. The highest BCUT2D eigenvalue weighted by Crippen LogP contribution is 2.28. The van der Waals surface area contributed by atoms with Crippen molar-refractivity contribution < 1.29 is 0 Å². The van der Waals surface area contributed by atoms with Crippen molar-refractivity contribution in [2.24, 2.45) is 0 Å². The van der Waals surface area contributed by atoms with Gasteiger partial charge in [-0.2, -0.15) is 0 Å². The van der Waals surface area contributed by atoms with Crippen LogP contribution in [-0.2, 0) is 0 Å². The molecule has 0 saturated carbocycles. The SMILES string of the molecule is O=c1c2ccccc2c(=O)c2c1sc1c(=O)c3ncccc3c(=O)c12. The summed E-state index contributed by atoms with van der Waals surface area (Å²) in [5.74, 6) is 0. The summed E-state index contributed by atoms with van der Waals surface area (Å²) in [5, 5.41) is 0.821. The molecule has 0 N–H and O–H groups in total. The number of thiophene rings is 1. The van der Waals surface area contributed by atoms with E-state index < -0.39 is 16.3 Å². The first-order valence-corrected chi connectivity index (χ1v) is 8.31. The Morgan fingerprint density at radius 1 is 0.640 bits per heavy atom. The van der Waals surface area contributed by atoms with Crippen LogP contribution in [0, 0.1) is 0 Å². The van der Waals surface area contributed by atoms with Gasteiger partial charge in [-0.05, 0) is 12.1 Å². The minimum atomic E-state index is -0.435.